The number of nitrogens with one attached hydrogen (secondary N) is 4. The number of aromatic hydroxyl groups is 2. The second kappa shape index (κ2) is 18.1. The van der Waals surface area contributed by atoms with Gasteiger partial charge in [-0.1, -0.05) is 39.8 Å². The van der Waals surface area contributed by atoms with E-state index in [0.717, 1.165) is 0 Å². The molecular formula is C48H46N4O12. The van der Waals surface area contributed by atoms with Crippen molar-refractivity contribution in [3.63, 3.8) is 0 Å². The molecule has 330 valence electrons. The minimum Gasteiger partial charge on any atom is -0.507 e. The first-order chi connectivity index (χ1) is 30.2. The lowest BCUT2D eigenvalue weighted by Gasteiger charge is -2.29. The third-order valence-corrected chi connectivity index (χ3v) is 10.8. The molecule has 4 aromatic rings. The predicted molar refractivity (Wildman–Crippen MR) is 239 cm³/mol. The summed E-state index contributed by atoms with van der Waals surface area (Å²) in [5.74, 6) is -7.88. The molecule has 2 aliphatic carbocycles. The van der Waals surface area contributed by atoms with E-state index in [1.54, 1.807) is 53.7 Å². The summed E-state index contributed by atoms with van der Waals surface area (Å²) in [6.07, 6.45) is 2.60. The van der Waals surface area contributed by atoms with Crippen molar-refractivity contribution in [3.8, 4) is 22.6 Å². The SMILES string of the molecule is Cc1cc2c(c(O)c1-c1c(C)cc3c(c1O)C(=CNc1ccc(C(=O)NCC(=O)O)cc1)C(=O)C(O)=C3C(C)C)C(=CNc1ccc(C(=O)NCC(=O)O)cc1)C(=O)C(O)=C2C(C)C. The van der Waals surface area contributed by atoms with Crippen LogP contribution in [0.25, 0.3) is 33.4 Å². The number of carboxylic acid groups (broad SMARTS) is 2. The van der Waals surface area contributed by atoms with Crippen molar-refractivity contribution < 1.29 is 59.4 Å². The Labute approximate surface area is 367 Å². The number of ketones is 2. The van der Waals surface area contributed by atoms with Gasteiger partial charge in [0.15, 0.2) is 11.5 Å². The summed E-state index contributed by atoms with van der Waals surface area (Å²) < 4.78 is 0. The fraction of sp³-hybridized carbons (Fsp3) is 0.208. The van der Waals surface area contributed by atoms with Gasteiger partial charge in [-0.05, 0) is 96.5 Å². The second-order valence-corrected chi connectivity index (χ2v) is 15.9. The number of hydrogen-bond donors (Lipinski definition) is 10. The number of amides is 2. The van der Waals surface area contributed by atoms with Gasteiger partial charge in [0.05, 0.1) is 11.1 Å². The maximum atomic E-state index is 14.0. The largest absolute Gasteiger partial charge is 0.507 e. The maximum Gasteiger partial charge on any atom is 0.322 e. The molecule has 0 saturated carbocycles. The monoisotopic (exact) mass is 870 g/mol. The zero-order chi connectivity index (χ0) is 46.9. The molecule has 0 fully saturated rings. The highest BCUT2D eigenvalue weighted by molar-refractivity contribution is 6.35. The van der Waals surface area contributed by atoms with Gasteiger partial charge in [-0.25, -0.2) is 0 Å². The molecule has 0 spiro atoms. The summed E-state index contributed by atoms with van der Waals surface area (Å²) >= 11 is 0. The standard InChI is InChI=1S/C48H46N4O12/c1-21(2)35-29-15-23(5)37(43(59)39(29)31(41(57)45(35)61)17-49-27-11-7-25(8-12-27)47(63)51-19-33(53)54)38-24(6)16-30-36(22(3)4)46(62)42(58)32(40(30)44(38)60)18-50-28-13-9-26(10-14-28)48(64)52-20-34(55)56/h7-18,21-22,49-50,59-62H,19-20H2,1-6H3,(H,51,63)(H,52,64)(H,53,54)(H,55,56). The number of phenols is 2. The Morgan fingerprint density at radius 3 is 1.17 bits per heavy atom. The Morgan fingerprint density at radius 2 is 0.875 bits per heavy atom. The van der Waals surface area contributed by atoms with E-state index in [4.69, 9.17) is 10.2 Å². The van der Waals surface area contributed by atoms with Gasteiger partial charge >= 0.3 is 11.9 Å². The minimum absolute atomic E-state index is 0.0507. The number of carbonyl (C=O) groups excluding carboxylic acids is 4. The number of rotatable bonds is 13. The number of benzene rings is 4. The number of allylic oxidation sites excluding steroid dienone is 4. The lowest BCUT2D eigenvalue weighted by atomic mass is 9.75. The third kappa shape index (κ3) is 8.66. The second-order valence-electron chi connectivity index (χ2n) is 15.9. The average molecular weight is 871 g/mol. The summed E-state index contributed by atoms with van der Waals surface area (Å²) in [6, 6.07) is 15.2. The van der Waals surface area contributed by atoms with Gasteiger partial charge in [-0.15, -0.1) is 0 Å². The van der Waals surface area contributed by atoms with Crippen molar-refractivity contribution in [2.45, 2.75) is 41.5 Å². The Hall–Kier alpha value is -8.14. The third-order valence-electron chi connectivity index (χ3n) is 10.8. The molecule has 2 amide bonds. The highest BCUT2D eigenvalue weighted by Gasteiger charge is 2.38. The number of aliphatic hydroxyl groups excluding tert-OH is 2. The Balaban J connectivity index is 1.48. The normalized spacial score (nSPS) is 14.8. The summed E-state index contributed by atoms with van der Waals surface area (Å²) in [7, 11) is 0. The van der Waals surface area contributed by atoms with E-state index in [9.17, 15) is 49.2 Å². The molecule has 0 aliphatic heterocycles. The highest BCUT2D eigenvalue weighted by atomic mass is 16.4. The lowest BCUT2D eigenvalue weighted by Crippen LogP contribution is -2.29. The van der Waals surface area contributed by atoms with E-state index in [1.165, 1.54) is 60.9 Å². The number of carbonyl (C=O) groups is 6. The number of phenolic OH excluding ortho intramolecular Hbond substituents is 2. The zero-order valence-electron chi connectivity index (χ0n) is 35.6. The summed E-state index contributed by atoms with van der Waals surface area (Å²) in [4.78, 5) is 74.5. The van der Waals surface area contributed by atoms with Gasteiger partial charge < -0.3 is 51.9 Å². The molecular weight excluding hydrogens is 825 g/mol. The number of Topliss-reactive ketones (excluding diaryl/α,β-unsaturated/α-hetero) is 2. The van der Waals surface area contributed by atoms with Gasteiger partial charge in [0.1, 0.15) is 24.6 Å². The van der Waals surface area contributed by atoms with Crippen LogP contribution in [0.3, 0.4) is 0 Å². The Kier molecular flexibility index (Phi) is 12.8. The number of aliphatic hydroxyl groups is 2. The van der Waals surface area contributed by atoms with Crippen LogP contribution in [0.15, 0.2) is 84.6 Å². The molecule has 0 atom stereocenters. The minimum atomic E-state index is -1.21. The van der Waals surface area contributed by atoms with Crippen molar-refractivity contribution >= 4 is 69.0 Å². The highest BCUT2D eigenvalue weighted by Crippen LogP contribution is 2.53. The number of anilines is 2. The van der Waals surface area contributed by atoms with E-state index < -0.39 is 71.4 Å². The van der Waals surface area contributed by atoms with Crippen molar-refractivity contribution in [2.75, 3.05) is 23.7 Å². The van der Waals surface area contributed by atoms with Crippen LogP contribution in [0.2, 0.25) is 0 Å². The summed E-state index contributed by atoms with van der Waals surface area (Å²) in [6.45, 7) is 9.38. The predicted octanol–water partition coefficient (Wildman–Crippen LogP) is 6.93. The molecule has 0 unspecified atom stereocenters. The van der Waals surface area contributed by atoms with E-state index >= 15 is 0 Å². The average Bonchev–Trinajstić information content (AvgIpc) is 3.23. The van der Waals surface area contributed by atoms with Gasteiger partial charge in [0.2, 0.25) is 11.6 Å². The molecule has 16 heteroatoms. The molecule has 0 saturated heterocycles. The number of carboxylic acids is 2. The van der Waals surface area contributed by atoms with Crippen molar-refractivity contribution in [3.05, 3.63) is 129 Å². The van der Waals surface area contributed by atoms with E-state index in [-0.39, 0.29) is 67.5 Å². The molecule has 16 nitrogen and oxygen atoms in total. The van der Waals surface area contributed by atoms with Gasteiger partial charge in [-0.3, -0.25) is 28.8 Å². The first-order valence-electron chi connectivity index (χ1n) is 20.1. The van der Waals surface area contributed by atoms with Crippen LogP contribution in [-0.4, -0.2) is 79.0 Å². The first kappa shape index (κ1) is 45.4. The van der Waals surface area contributed by atoms with Crippen LogP contribution in [0.4, 0.5) is 11.4 Å². The van der Waals surface area contributed by atoms with Gasteiger partial charge in [0.25, 0.3) is 11.8 Å². The smallest absolute Gasteiger partial charge is 0.322 e. The number of aryl methyl sites for hydroxylation is 2. The van der Waals surface area contributed by atoms with Crippen LogP contribution < -0.4 is 21.3 Å². The quantitative estimate of drug-likeness (QED) is 0.0611. The molecule has 0 heterocycles. The van der Waals surface area contributed by atoms with Gasteiger partial charge in [-0.2, -0.15) is 0 Å². The number of fused-ring (bicyclic) bond motifs is 2. The summed E-state index contributed by atoms with van der Waals surface area (Å²) in [5.41, 5.74) is 3.41. The van der Waals surface area contributed by atoms with E-state index in [2.05, 4.69) is 21.3 Å². The van der Waals surface area contributed by atoms with E-state index in [0.29, 0.717) is 33.6 Å². The first-order valence-corrected chi connectivity index (χ1v) is 20.1. The Bertz CT molecular complexity index is 2600. The Morgan fingerprint density at radius 1 is 0.547 bits per heavy atom. The molecule has 10 N–H and O–H groups in total. The van der Waals surface area contributed by atoms with Gasteiger partial charge in [0, 0.05) is 68.3 Å². The molecule has 0 aromatic heterocycles. The fourth-order valence-electron chi connectivity index (χ4n) is 7.89. The lowest BCUT2D eigenvalue weighted by molar-refractivity contribution is -0.136. The van der Waals surface area contributed by atoms with Crippen LogP contribution in [-0.2, 0) is 19.2 Å². The summed E-state index contributed by atoms with van der Waals surface area (Å²) in [5, 5.41) is 75.8. The van der Waals surface area contributed by atoms with Crippen LogP contribution in [0.1, 0.15) is 81.8 Å². The van der Waals surface area contributed by atoms with Crippen molar-refractivity contribution in [2.24, 2.45) is 11.8 Å². The molecule has 0 radical (unpaired) electrons. The molecule has 2 aliphatic rings. The molecule has 0 bridgehead atoms. The fourth-order valence-corrected chi connectivity index (χ4v) is 7.89. The van der Waals surface area contributed by atoms with Crippen LogP contribution >= 0.6 is 0 Å². The molecule has 6 rings (SSSR count). The molecule has 64 heavy (non-hydrogen) atoms. The number of aliphatic carboxylic acids is 2. The van der Waals surface area contributed by atoms with E-state index in [1.807, 2.05) is 0 Å². The van der Waals surface area contributed by atoms with Crippen molar-refractivity contribution in [1.82, 2.24) is 10.6 Å². The number of hydrogen-bond acceptors (Lipinski definition) is 12. The maximum absolute atomic E-state index is 14.0. The topological polar surface area (TPSA) is 272 Å². The van der Waals surface area contributed by atoms with Crippen LogP contribution in [0.5, 0.6) is 11.5 Å². The van der Waals surface area contributed by atoms with Crippen molar-refractivity contribution in [1.29, 1.82) is 0 Å². The zero-order valence-corrected chi connectivity index (χ0v) is 35.6. The molecule has 4 aromatic carbocycles. The van der Waals surface area contributed by atoms with Crippen LogP contribution in [0, 0.1) is 25.7 Å².